The van der Waals surface area contributed by atoms with Crippen molar-refractivity contribution in [3.63, 3.8) is 0 Å². The van der Waals surface area contributed by atoms with Crippen LogP contribution in [0, 0.1) is 17.5 Å². The van der Waals surface area contributed by atoms with Crippen molar-refractivity contribution in [2.45, 2.75) is 6.18 Å². The molecule has 1 aliphatic rings. The molecule has 0 spiro atoms. The van der Waals surface area contributed by atoms with Crippen LogP contribution >= 0.6 is 0 Å². The van der Waals surface area contributed by atoms with Gasteiger partial charge in [-0.3, -0.25) is 4.79 Å². The SMILES string of the molecule is O=C(Nc1cc(C(F)(F)F)ccc1N1CCOCC1)c1ccc(F)c(F)c1F. The van der Waals surface area contributed by atoms with Crippen molar-refractivity contribution in [3.05, 3.63) is 58.9 Å². The fraction of sp³-hybridized carbons (Fsp3) is 0.278. The van der Waals surface area contributed by atoms with Gasteiger partial charge in [0.1, 0.15) is 0 Å². The van der Waals surface area contributed by atoms with E-state index in [1.165, 1.54) is 6.07 Å². The van der Waals surface area contributed by atoms with Crippen molar-refractivity contribution >= 4 is 17.3 Å². The number of nitrogens with zero attached hydrogens (tertiary/aromatic N) is 1. The fourth-order valence-corrected chi connectivity index (χ4v) is 2.78. The van der Waals surface area contributed by atoms with E-state index in [0.29, 0.717) is 44.5 Å². The van der Waals surface area contributed by atoms with Gasteiger partial charge in [0.05, 0.1) is 35.7 Å². The molecule has 0 aliphatic carbocycles. The third kappa shape index (κ3) is 4.06. The second kappa shape index (κ2) is 7.70. The number of benzene rings is 2. The molecule has 1 aliphatic heterocycles. The summed E-state index contributed by atoms with van der Waals surface area (Å²) in [4.78, 5) is 14.0. The van der Waals surface area contributed by atoms with Crippen LogP contribution in [0.15, 0.2) is 30.3 Å². The van der Waals surface area contributed by atoms with E-state index < -0.39 is 40.7 Å². The number of amides is 1. The Hall–Kier alpha value is -2.75. The number of morpholine rings is 1. The number of halogens is 6. The van der Waals surface area contributed by atoms with Gasteiger partial charge in [-0.25, -0.2) is 13.2 Å². The highest BCUT2D eigenvalue weighted by atomic mass is 19.4. The number of nitrogens with one attached hydrogen (secondary N) is 1. The van der Waals surface area contributed by atoms with Crippen molar-refractivity contribution in [3.8, 4) is 0 Å². The molecule has 2 aromatic carbocycles. The minimum atomic E-state index is -4.67. The summed E-state index contributed by atoms with van der Waals surface area (Å²) in [5.74, 6) is -6.25. The van der Waals surface area contributed by atoms with Crippen LogP contribution in [0.4, 0.5) is 37.7 Å². The molecule has 1 fully saturated rings. The van der Waals surface area contributed by atoms with Gasteiger partial charge in [0.15, 0.2) is 17.5 Å². The lowest BCUT2D eigenvalue weighted by Crippen LogP contribution is -2.37. The normalized spacial score (nSPS) is 14.9. The fourth-order valence-electron chi connectivity index (χ4n) is 2.78. The monoisotopic (exact) mass is 404 g/mol. The molecule has 1 heterocycles. The summed E-state index contributed by atoms with van der Waals surface area (Å²) in [6, 6.07) is 4.03. The highest BCUT2D eigenvalue weighted by molar-refractivity contribution is 6.06. The van der Waals surface area contributed by atoms with Gasteiger partial charge in [-0.05, 0) is 30.3 Å². The van der Waals surface area contributed by atoms with E-state index in [2.05, 4.69) is 5.32 Å². The quantitative estimate of drug-likeness (QED) is 0.616. The lowest BCUT2D eigenvalue weighted by atomic mass is 10.1. The van der Waals surface area contributed by atoms with Gasteiger partial charge in [-0.1, -0.05) is 0 Å². The van der Waals surface area contributed by atoms with Crippen LogP contribution in [0.1, 0.15) is 15.9 Å². The Kier molecular flexibility index (Phi) is 5.50. The second-order valence-corrected chi connectivity index (χ2v) is 6.01. The number of ether oxygens (including phenoxy) is 1. The Labute approximate surface area is 155 Å². The molecule has 2 aromatic rings. The third-order valence-corrected chi connectivity index (χ3v) is 4.20. The molecule has 0 atom stereocenters. The van der Waals surface area contributed by atoms with E-state index in [9.17, 15) is 31.1 Å². The Morgan fingerprint density at radius 2 is 1.68 bits per heavy atom. The lowest BCUT2D eigenvalue weighted by molar-refractivity contribution is -0.137. The average molecular weight is 404 g/mol. The number of rotatable bonds is 3. The van der Waals surface area contributed by atoms with Crippen LogP contribution in [-0.4, -0.2) is 32.2 Å². The summed E-state index contributed by atoms with van der Waals surface area (Å²) in [6.07, 6.45) is -4.67. The molecule has 1 amide bonds. The number of hydrogen-bond donors (Lipinski definition) is 1. The maximum Gasteiger partial charge on any atom is 0.416 e. The Morgan fingerprint density at radius 1 is 1.00 bits per heavy atom. The minimum absolute atomic E-state index is 0.231. The molecule has 0 aromatic heterocycles. The molecule has 10 heteroatoms. The van der Waals surface area contributed by atoms with E-state index in [4.69, 9.17) is 4.74 Å². The van der Waals surface area contributed by atoms with Gasteiger partial charge < -0.3 is 15.0 Å². The first-order valence-corrected chi connectivity index (χ1v) is 8.17. The molecule has 0 radical (unpaired) electrons. The zero-order valence-electron chi connectivity index (χ0n) is 14.2. The van der Waals surface area contributed by atoms with E-state index in [1.54, 1.807) is 4.90 Å². The summed E-state index contributed by atoms with van der Waals surface area (Å²) in [5.41, 5.74) is -1.81. The van der Waals surface area contributed by atoms with Crippen LogP contribution in [0.5, 0.6) is 0 Å². The van der Waals surface area contributed by atoms with E-state index in [1.807, 2.05) is 0 Å². The van der Waals surface area contributed by atoms with Gasteiger partial charge in [0, 0.05) is 13.1 Å². The highest BCUT2D eigenvalue weighted by Crippen LogP contribution is 2.36. The van der Waals surface area contributed by atoms with E-state index in [-0.39, 0.29) is 11.4 Å². The molecular formula is C18H14F6N2O2. The van der Waals surface area contributed by atoms with E-state index >= 15 is 0 Å². The first-order chi connectivity index (χ1) is 13.2. The predicted octanol–water partition coefficient (Wildman–Crippen LogP) is 4.21. The van der Waals surface area contributed by atoms with Crippen LogP contribution in [0.2, 0.25) is 0 Å². The number of carbonyl (C=O) groups is 1. The number of anilines is 2. The van der Waals surface area contributed by atoms with Gasteiger partial charge in [-0.2, -0.15) is 13.2 Å². The average Bonchev–Trinajstić information content (AvgIpc) is 2.66. The largest absolute Gasteiger partial charge is 0.416 e. The third-order valence-electron chi connectivity index (χ3n) is 4.20. The van der Waals surface area contributed by atoms with Gasteiger partial charge in [0.25, 0.3) is 5.91 Å². The zero-order chi connectivity index (χ0) is 20.5. The van der Waals surface area contributed by atoms with Crippen LogP contribution in [-0.2, 0) is 10.9 Å². The maximum absolute atomic E-state index is 13.9. The van der Waals surface area contributed by atoms with Crippen molar-refractivity contribution < 1.29 is 35.9 Å². The molecular weight excluding hydrogens is 390 g/mol. The van der Waals surface area contributed by atoms with Crippen LogP contribution in [0.3, 0.4) is 0 Å². The Bertz CT molecular complexity index is 894. The summed E-state index contributed by atoms with van der Waals surface area (Å²) in [7, 11) is 0. The maximum atomic E-state index is 13.9. The Balaban J connectivity index is 1.98. The molecule has 0 bridgehead atoms. The molecule has 0 unspecified atom stereocenters. The molecule has 1 N–H and O–H groups in total. The summed E-state index contributed by atoms with van der Waals surface area (Å²) in [5, 5.41) is 2.17. The number of alkyl halides is 3. The first kappa shape index (κ1) is 20.0. The first-order valence-electron chi connectivity index (χ1n) is 8.17. The standard InChI is InChI=1S/C18H14F6N2O2/c19-12-3-2-11(15(20)16(12)21)17(27)25-13-9-10(18(22,23)24)1-4-14(13)26-5-7-28-8-6-26/h1-4,9H,5-8H2,(H,25,27). The Morgan fingerprint density at radius 3 is 2.32 bits per heavy atom. The molecule has 28 heavy (non-hydrogen) atoms. The highest BCUT2D eigenvalue weighted by Gasteiger charge is 2.32. The number of carbonyl (C=O) groups excluding carboxylic acids is 1. The lowest BCUT2D eigenvalue weighted by Gasteiger charge is -2.31. The molecule has 150 valence electrons. The topological polar surface area (TPSA) is 41.6 Å². The van der Waals surface area contributed by atoms with Gasteiger partial charge >= 0.3 is 6.18 Å². The van der Waals surface area contributed by atoms with Crippen LogP contribution < -0.4 is 10.2 Å². The minimum Gasteiger partial charge on any atom is -0.378 e. The smallest absolute Gasteiger partial charge is 0.378 e. The van der Waals surface area contributed by atoms with Crippen molar-refractivity contribution in [1.29, 1.82) is 0 Å². The van der Waals surface area contributed by atoms with Crippen molar-refractivity contribution in [2.75, 3.05) is 36.5 Å². The number of hydrogen-bond acceptors (Lipinski definition) is 3. The van der Waals surface area contributed by atoms with Crippen LogP contribution in [0.25, 0.3) is 0 Å². The van der Waals surface area contributed by atoms with Gasteiger partial charge in [-0.15, -0.1) is 0 Å². The van der Waals surface area contributed by atoms with E-state index in [0.717, 1.165) is 6.07 Å². The van der Waals surface area contributed by atoms with Crippen molar-refractivity contribution in [2.24, 2.45) is 0 Å². The molecule has 0 saturated carbocycles. The van der Waals surface area contributed by atoms with Gasteiger partial charge in [0.2, 0.25) is 0 Å². The summed E-state index contributed by atoms with van der Waals surface area (Å²) in [6.45, 7) is 1.42. The zero-order valence-corrected chi connectivity index (χ0v) is 14.2. The molecule has 1 saturated heterocycles. The summed E-state index contributed by atoms with van der Waals surface area (Å²) < 4.78 is 84.7. The second-order valence-electron chi connectivity index (χ2n) is 6.01. The van der Waals surface area contributed by atoms with Crippen molar-refractivity contribution in [1.82, 2.24) is 0 Å². The molecule has 3 rings (SSSR count). The molecule has 4 nitrogen and oxygen atoms in total. The summed E-state index contributed by atoms with van der Waals surface area (Å²) >= 11 is 0. The predicted molar refractivity (Wildman–Crippen MR) is 88.7 cm³/mol.